The van der Waals surface area contributed by atoms with Crippen molar-refractivity contribution in [2.45, 2.75) is 13.0 Å². The zero-order valence-electron chi connectivity index (χ0n) is 19.6. The molecule has 0 spiro atoms. The Bertz CT molecular complexity index is 1380. The number of nitrogens with zero attached hydrogens (tertiary/aromatic N) is 3. The van der Waals surface area contributed by atoms with E-state index in [2.05, 4.69) is 22.6 Å². The number of allylic oxidation sites excluding steroid dienone is 1. The van der Waals surface area contributed by atoms with E-state index >= 15 is 0 Å². The van der Waals surface area contributed by atoms with Gasteiger partial charge in [-0.25, -0.2) is 0 Å². The van der Waals surface area contributed by atoms with Crippen LogP contribution in [0.4, 0.5) is 5.69 Å². The number of rotatable bonds is 6. The molecule has 1 atom stereocenters. The summed E-state index contributed by atoms with van der Waals surface area (Å²) in [6.07, 6.45) is 0. The number of thiocarbonyl (C=S) groups is 1. The number of hydrogen-bond acceptors (Lipinski definition) is 6. The molecule has 176 valence electrons. The van der Waals surface area contributed by atoms with Crippen LogP contribution in [0.25, 0.3) is 17.0 Å². The number of hydrogen-bond donors (Lipinski definition) is 1. The lowest BCUT2D eigenvalue weighted by atomic mass is 9.94. The van der Waals surface area contributed by atoms with Crippen molar-refractivity contribution in [1.29, 1.82) is 0 Å². The molecule has 0 radical (unpaired) electrons. The smallest absolute Gasteiger partial charge is 0.258 e. The van der Waals surface area contributed by atoms with Gasteiger partial charge in [-0.3, -0.25) is 4.90 Å². The van der Waals surface area contributed by atoms with Crippen molar-refractivity contribution in [3.63, 3.8) is 0 Å². The molecule has 0 aliphatic carbocycles. The van der Waals surface area contributed by atoms with Gasteiger partial charge in [-0.1, -0.05) is 41.6 Å². The molecule has 7 nitrogen and oxygen atoms in total. The molecule has 35 heavy (non-hydrogen) atoms. The first-order valence-corrected chi connectivity index (χ1v) is 11.5. The third-order valence-electron chi connectivity index (χ3n) is 5.93. The maximum absolute atomic E-state index is 5.82. The van der Waals surface area contributed by atoms with E-state index in [1.807, 2.05) is 78.6 Å². The summed E-state index contributed by atoms with van der Waals surface area (Å²) in [6, 6.07) is 25.1. The highest BCUT2D eigenvalue weighted by Gasteiger charge is 2.34. The van der Waals surface area contributed by atoms with Gasteiger partial charge in [0.1, 0.15) is 11.5 Å². The molecule has 2 heterocycles. The third-order valence-corrected chi connectivity index (χ3v) is 6.23. The fourth-order valence-electron chi connectivity index (χ4n) is 4.17. The van der Waals surface area contributed by atoms with E-state index in [0.29, 0.717) is 16.8 Å². The number of ether oxygens (including phenoxy) is 2. The largest absolute Gasteiger partial charge is 0.497 e. The standard InChI is InChI=1S/C27H24N4O3S/c1-17-23(26-29-25(30-34-26)19-12-14-21(32-2)15-13-19)24(18-8-5-4-6-9-18)28-27(35)31(17)20-10-7-11-22(16-20)33-3/h4-16,24H,1-3H3,(H,28,35). The topological polar surface area (TPSA) is 72.7 Å². The Hall–Kier alpha value is -4.17. The lowest BCUT2D eigenvalue weighted by molar-refractivity contribution is 0.404. The summed E-state index contributed by atoms with van der Waals surface area (Å²) in [7, 11) is 3.28. The molecule has 3 aromatic carbocycles. The summed E-state index contributed by atoms with van der Waals surface area (Å²) < 4.78 is 16.5. The minimum atomic E-state index is -0.255. The fourth-order valence-corrected chi connectivity index (χ4v) is 4.53. The average Bonchev–Trinajstić information content (AvgIpc) is 3.39. The van der Waals surface area contributed by atoms with Gasteiger partial charge in [-0.15, -0.1) is 0 Å². The Kier molecular flexibility index (Phi) is 6.20. The fraction of sp³-hybridized carbons (Fsp3) is 0.148. The number of aromatic nitrogens is 2. The van der Waals surface area contributed by atoms with Crippen LogP contribution in [0, 0.1) is 0 Å². The second-order valence-electron chi connectivity index (χ2n) is 7.98. The second-order valence-corrected chi connectivity index (χ2v) is 8.37. The van der Waals surface area contributed by atoms with Crippen molar-refractivity contribution in [3.8, 4) is 22.9 Å². The summed E-state index contributed by atoms with van der Waals surface area (Å²) in [4.78, 5) is 6.72. The number of nitrogens with one attached hydrogen (secondary N) is 1. The van der Waals surface area contributed by atoms with E-state index in [1.54, 1.807) is 14.2 Å². The van der Waals surface area contributed by atoms with Gasteiger partial charge in [-0.2, -0.15) is 4.98 Å². The molecule has 0 fully saturated rings. The predicted molar refractivity (Wildman–Crippen MR) is 139 cm³/mol. The highest BCUT2D eigenvalue weighted by Crippen LogP contribution is 2.39. The molecule has 1 N–H and O–H groups in total. The van der Waals surface area contributed by atoms with Gasteiger partial charge >= 0.3 is 0 Å². The lowest BCUT2D eigenvalue weighted by Gasteiger charge is -2.37. The van der Waals surface area contributed by atoms with Crippen molar-refractivity contribution in [1.82, 2.24) is 15.5 Å². The van der Waals surface area contributed by atoms with Crippen LogP contribution < -0.4 is 19.7 Å². The molecule has 5 rings (SSSR count). The van der Waals surface area contributed by atoms with Crippen LogP contribution in [-0.2, 0) is 0 Å². The van der Waals surface area contributed by atoms with Crippen molar-refractivity contribution >= 4 is 28.6 Å². The maximum atomic E-state index is 5.82. The first-order valence-electron chi connectivity index (χ1n) is 11.1. The molecular formula is C27H24N4O3S. The summed E-state index contributed by atoms with van der Waals surface area (Å²) in [5, 5.41) is 8.31. The minimum Gasteiger partial charge on any atom is -0.497 e. The van der Waals surface area contributed by atoms with Crippen molar-refractivity contribution in [3.05, 3.63) is 96.0 Å². The van der Waals surface area contributed by atoms with Crippen LogP contribution in [0.1, 0.15) is 24.4 Å². The molecule has 4 aromatic rings. The van der Waals surface area contributed by atoms with Crippen molar-refractivity contribution < 1.29 is 14.0 Å². The number of anilines is 1. The van der Waals surface area contributed by atoms with Gasteiger partial charge in [0.25, 0.3) is 5.89 Å². The summed E-state index contributed by atoms with van der Waals surface area (Å²) >= 11 is 5.81. The van der Waals surface area contributed by atoms with Crippen LogP contribution in [-0.4, -0.2) is 29.5 Å². The zero-order valence-corrected chi connectivity index (χ0v) is 20.4. The van der Waals surface area contributed by atoms with E-state index in [1.165, 1.54) is 0 Å². The summed E-state index contributed by atoms with van der Waals surface area (Å²) in [5.41, 5.74) is 4.48. The molecule has 1 aromatic heterocycles. The normalized spacial score (nSPS) is 15.7. The quantitative estimate of drug-likeness (QED) is 0.354. The summed E-state index contributed by atoms with van der Waals surface area (Å²) in [6.45, 7) is 2.01. The predicted octanol–water partition coefficient (Wildman–Crippen LogP) is 5.62. The average molecular weight is 485 g/mol. The molecule has 0 saturated heterocycles. The molecule has 0 bridgehead atoms. The highest BCUT2D eigenvalue weighted by molar-refractivity contribution is 7.80. The minimum absolute atomic E-state index is 0.255. The van der Waals surface area contributed by atoms with Crippen LogP contribution in [0.5, 0.6) is 11.5 Å². The van der Waals surface area contributed by atoms with E-state index < -0.39 is 0 Å². The first kappa shape index (κ1) is 22.6. The second kappa shape index (κ2) is 9.60. The van der Waals surface area contributed by atoms with Gasteiger partial charge in [0.2, 0.25) is 5.82 Å². The van der Waals surface area contributed by atoms with Crippen LogP contribution >= 0.6 is 12.2 Å². The Morgan fingerprint density at radius 3 is 2.37 bits per heavy atom. The number of methoxy groups -OCH3 is 2. The van der Waals surface area contributed by atoms with E-state index in [-0.39, 0.29) is 6.04 Å². The number of benzene rings is 3. The van der Waals surface area contributed by atoms with Crippen molar-refractivity contribution in [2.24, 2.45) is 0 Å². The van der Waals surface area contributed by atoms with Crippen LogP contribution in [0.2, 0.25) is 0 Å². The molecule has 1 unspecified atom stereocenters. The maximum Gasteiger partial charge on any atom is 0.258 e. The monoisotopic (exact) mass is 484 g/mol. The zero-order chi connectivity index (χ0) is 24.4. The Balaban J connectivity index is 1.63. The van der Waals surface area contributed by atoms with E-state index in [0.717, 1.165) is 39.6 Å². The van der Waals surface area contributed by atoms with Gasteiger partial charge in [0.05, 0.1) is 31.5 Å². The van der Waals surface area contributed by atoms with Gasteiger partial charge < -0.3 is 19.3 Å². The first-order chi connectivity index (χ1) is 17.1. The molecular weight excluding hydrogens is 460 g/mol. The van der Waals surface area contributed by atoms with Gasteiger partial charge in [0, 0.05) is 17.3 Å². The molecule has 0 amide bonds. The molecule has 0 saturated carbocycles. The van der Waals surface area contributed by atoms with Gasteiger partial charge in [-0.05, 0) is 61.1 Å². The lowest BCUT2D eigenvalue weighted by Crippen LogP contribution is -2.46. The molecule has 1 aliphatic heterocycles. The molecule has 1 aliphatic rings. The van der Waals surface area contributed by atoms with E-state index in [9.17, 15) is 0 Å². The van der Waals surface area contributed by atoms with E-state index in [4.69, 9.17) is 31.2 Å². The third kappa shape index (κ3) is 4.36. The Morgan fingerprint density at radius 2 is 1.66 bits per heavy atom. The summed E-state index contributed by atoms with van der Waals surface area (Å²) in [5.74, 6) is 2.42. The highest BCUT2D eigenvalue weighted by atomic mass is 32.1. The van der Waals surface area contributed by atoms with Crippen LogP contribution in [0.15, 0.2) is 89.1 Å². The van der Waals surface area contributed by atoms with Crippen molar-refractivity contribution in [2.75, 3.05) is 19.1 Å². The SMILES string of the molecule is COc1ccc(-c2noc(C3=C(C)N(c4cccc(OC)c4)C(=S)NC3c3ccccc3)n2)cc1. The Morgan fingerprint density at radius 1 is 0.914 bits per heavy atom. The van der Waals surface area contributed by atoms with Crippen LogP contribution in [0.3, 0.4) is 0 Å². The Labute approximate surface area is 209 Å². The van der Waals surface area contributed by atoms with Gasteiger partial charge in [0.15, 0.2) is 5.11 Å². The molecule has 8 heteroatoms.